The van der Waals surface area contributed by atoms with Crippen molar-refractivity contribution in [1.29, 1.82) is 0 Å². The van der Waals surface area contributed by atoms with E-state index < -0.39 is 0 Å². The first-order chi connectivity index (χ1) is 15.5. The van der Waals surface area contributed by atoms with Crippen molar-refractivity contribution in [3.05, 3.63) is 82.9 Å². The molecule has 0 bridgehead atoms. The standard InChI is InChI=1S/C24H25N5O3/c1-17(8-9-18-6-4-3-5-7-18)26-23(30)15-28-24(31)22-14-21(27-29(22)16-25-28)19-10-12-20(32-2)13-11-19/h3-7,10-14,16-17H,8-9,15H2,1-2H3,(H,26,30)/t17-/m0/s1. The van der Waals surface area contributed by atoms with Crippen LogP contribution in [0.25, 0.3) is 16.8 Å². The lowest BCUT2D eigenvalue weighted by Gasteiger charge is -2.14. The lowest BCUT2D eigenvalue weighted by atomic mass is 10.1. The molecule has 2 aromatic carbocycles. The first-order valence-corrected chi connectivity index (χ1v) is 10.5. The minimum Gasteiger partial charge on any atom is -0.497 e. The number of carbonyl (C=O) groups is 1. The average Bonchev–Trinajstić information content (AvgIpc) is 3.25. The zero-order valence-corrected chi connectivity index (χ0v) is 18.1. The van der Waals surface area contributed by atoms with Crippen molar-refractivity contribution in [3.63, 3.8) is 0 Å². The second-order valence-electron chi connectivity index (χ2n) is 7.67. The van der Waals surface area contributed by atoms with Gasteiger partial charge in [0.1, 0.15) is 24.1 Å². The molecule has 32 heavy (non-hydrogen) atoms. The highest BCUT2D eigenvalue weighted by Crippen LogP contribution is 2.21. The molecule has 8 nitrogen and oxygen atoms in total. The van der Waals surface area contributed by atoms with Crippen molar-refractivity contribution in [2.45, 2.75) is 32.4 Å². The van der Waals surface area contributed by atoms with E-state index in [0.29, 0.717) is 11.2 Å². The van der Waals surface area contributed by atoms with Gasteiger partial charge in [0.2, 0.25) is 5.91 Å². The molecule has 4 aromatic rings. The van der Waals surface area contributed by atoms with Gasteiger partial charge in [-0.05, 0) is 55.7 Å². The third-order valence-corrected chi connectivity index (χ3v) is 5.29. The molecule has 4 rings (SSSR count). The molecule has 0 saturated carbocycles. The maximum Gasteiger partial charge on any atom is 0.293 e. The Morgan fingerprint density at radius 3 is 2.59 bits per heavy atom. The Morgan fingerprint density at radius 2 is 1.88 bits per heavy atom. The average molecular weight is 431 g/mol. The van der Waals surface area contributed by atoms with Gasteiger partial charge < -0.3 is 10.1 Å². The maximum absolute atomic E-state index is 12.8. The van der Waals surface area contributed by atoms with Gasteiger partial charge in [-0.2, -0.15) is 10.2 Å². The molecule has 0 aliphatic rings. The van der Waals surface area contributed by atoms with Crippen LogP contribution in [0.1, 0.15) is 18.9 Å². The molecule has 0 unspecified atom stereocenters. The Morgan fingerprint density at radius 1 is 1.12 bits per heavy atom. The van der Waals surface area contributed by atoms with Crippen LogP contribution in [-0.4, -0.2) is 38.5 Å². The Hall–Kier alpha value is -3.94. The maximum atomic E-state index is 12.8. The van der Waals surface area contributed by atoms with Gasteiger partial charge in [-0.25, -0.2) is 9.20 Å². The normalized spacial score (nSPS) is 11.9. The number of aryl methyl sites for hydroxylation is 1. The number of fused-ring (bicyclic) bond motifs is 1. The summed E-state index contributed by atoms with van der Waals surface area (Å²) in [6.07, 6.45) is 3.12. The van der Waals surface area contributed by atoms with Gasteiger partial charge in [0.15, 0.2) is 0 Å². The minimum absolute atomic E-state index is 0.0150. The van der Waals surface area contributed by atoms with Crippen LogP contribution in [0, 0.1) is 0 Å². The summed E-state index contributed by atoms with van der Waals surface area (Å²) < 4.78 is 7.76. The summed E-state index contributed by atoms with van der Waals surface area (Å²) in [6, 6.07) is 19.2. The van der Waals surface area contributed by atoms with Crippen molar-refractivity contribution >= 4 is 11.4 Å². The molecule has 0 radical (unpaired) electrons. The summed E-state index contributed by atoms with van der Waals surface area (Å²) in [5, 5.41) is 11.5. The summed E-state index contributed by atoms with van der Waals surface area (Å²) in [5.41, 5.74) is 2.71. The van der Waals surface area contributed by atoms with Crippen molar-refractivity contribution in [3.8, 4) is 17.0 Å². The largest absolute Gasteiger partial charge is 0.497 e. The number of benzene rings is 2. The molecule has 1 N–H and O–H groups in total. The molecule has 2 aromatic heterocycles. The second-order valence-corrected chi connectivity index (χ2v) is 7.67. The van der Waals surface area contributed by atoms with Crippen molar-refractivity contribution in [1.82, 2.24) is 24.7 Å². The molecule has 0 aliphatic heterocycles. The van der Waals surface area contributed by atoms with E-state index in [-0.39, 0.29) is 24.1 Å². The Labute approximate surface area is 185 Å². The van der Waals surface area contributed by atoms with Gasteiger partial charge in [0.05, 0.1) is 12.8 Å². The number of ether oxygens (including phenoxy) is 1. The first-order valence-electron chi connectivity index (χ1n) is 10.5. The molecule has 0 aliphatic carbocycles. The highest BCUT2D eigenvalue weighted by molar-refractivity contribution is 5.76. The summed E-state index contributed by atoms with van der Waals surface area (Å²) in [6.45, 7) is 1.81. The zero-order valence-electron chi connectivity index (χ0n) is 18.1. The molecular formula is C24H25N5O3. The third kappa shape index (κ3) is 4.85. The Kier molecular flexibility index (Phi) is 6.30. The van der Waals surface area contributed by atoms with E-state index in [0.717, 1.165) is 28.8 Å². The molecule has 0 spiro atoms. The van der Waals surface area contributed by atoms with E-state index >= 15 is 0 Å². The molecule has 0 saturated heterocycles. The van der Waals surface area contributed by atoms with Crippen LogP contribution in [-0.2, 0) is 17.8 Å². The van der Waals surface area contributed by atoms with Gasteiger partial charge in [0.25, 0.3) is 5.56 Å². The number of nitrogens with one attached hydrogen (secondary N) is 1. The van der Waals surface area contributed by atoms with Gasteiger partial charge in [-0.15, -0.1) is 0 Å². The van der Waals surface area contributed by atoms with Crippen molar-refractivity contribution < 1.29 is 9.53 Å². The van der Waals surface area contributed by atoms with Crippen LogP contribution < -0.4 is 15.6 Å². The summed E-state index contributed by atoms with van der Waals surface area (Å²) >= 11 is 0. The topological polar surface area (TPSA) is 90.5 Å². The molecule has 164 valence electrons. The van der Waals surface area contributed by atoms with E-state index in [1.54, 1.807) is 13.2 Å². The predicted octanol–water partition coefficient (Wildman–Crippen LogP) is 2.70. The highest BCUT2D eigenvalue weighted by atomic mass is 16.5. The van der Waals surface area contributed by atoms with E-state index in [4.69, 9.17) is 4.74 Å². The fourth-order valence-corrected chi connectivity index (χ4v) is 3.51. The van der Waals surface area contributed by atoms with E-state index in [9.17, 15) is 9.59 Å². The Balaban J connectivity index is 1.43. The van der Waals surface area contributed by atoms with E-state index in [1.807, 2.05) is 49.4 Å². The number of carbonyl (C=O) groups excluding carboxylic acids is 1. The summed E-state index contributed by atoms with van der Waals surface area (Å²) in [4.78, 5) is 25.3. The fraction of sp³-hybridized carbons (Fsp3) is 0.250. The lowest BCUT2D eigenvalue weighted by Crippen LogP contribution is -2.38. The molecular weight excluding hydrogens is 406 g/mol. The molecule has 1 atom stereocenters. The summed E-state index contributed by atoms with van der Waals surface area (Å²) in [7, 11) is 1.61. The number of amides is 1. The van der Waals surface area contributed by atoms with E-state index in [2.05, 4.69) is 27.6 Å². The monoisotopic (exact) mass is 431 g/mol. The van der Waals surface area contributed by atoms with Gasteiger partial charge in [0, 0.05) is 11.6 Å². The van der Waals surface area contributed by atoms with Gasteiger partial charge >= 0.3 is 0 Å². The van der Waals surface area contributed by atoms with Crippen LogP contribution >= 0.6 is 0 Å². The molecule has 8 heteroatoms. The van der Waals surface area contributed by atoms with Crippen LogP contribution in [0.3, 0.4) is 0 Å². The number of aromatic nitrogens is 4. The van der Waals surface area contributed by atoms with Crippen LogP contribution in [0.2, 0.25) is 0 Å². The predicted molar refractivity (Wildman–Crippen MR) is 122 cm³/mol. The number of methoxy groups -OCH3 is 1. The van der Waals surface area contributed by atoms with Crippen LogP contribution in [0.4, 0.5) is 0 Å². The summed E-state index contributed by atoms with van der Waals surface area (Å²) in [5.74, 6) is 0.491. The quantitative estimate of drug-likeness (QED) is 0.463. The lowest BCUT2D eigenvalue weighted by molar-refractivity contribution is -0.122. The highest BCUT2D eigenvalue weighted by Gasteiger charge is 2.14. The zero-order chi connectivity index (χ0) is 22.5. The minimum atomic E-state index is -0.369. The second kappa shape index (κ2) is 9.47. The fourth-order valence-electron chi connectivity index (χ4n) is 3.51. The number of hydrogen-bond acceptors (Lipinski definition) is 5. The van der Waals surface area contributed by atoms with Gasteiger partial charge in [-0.1, -0.05) is 30.3 Å². The molecule has 2 heterocycles. The van der Waals surface area contributed by atoms with E-state index in [1.165, 1.54) is 16.4 Å². The molecule has 0 fully saturated rings. The van der Waals surface area contributed by atoms with Crippen molar-refractivity contribution in [2.24, 2.45) is 0 Å². The Bertz CT molecular complexity index is 1260. The van der Waals surface area contributed by atoms with Crippen LogP contribution in [0.5, 0.6) is 5.75 Å². The number of hydrogen-bond donors (Lipinski definition) is 1. The third-order valence-electron chi connectivity index (χ3n) is 5.29. The molecule has 1 amide bonds. The SMILES string of the molecule is COc1ccc(-c2cc3c(=O)n(CC(=O)N[C@@H](C)CCc4ccccc4)ncn3n2)cc1. The number of nitrogens with zero attached hydrogens (tertiary/aromatic N) is 4. The number of rotatable bonds is 8. The van der Waals surface area contributed by atoms with Crippen molar-refractivity contribution in [2.75, 3.05) is 7.11 Å². The first kappa shape index (κ1) is 21.3. The smallest absolute Gasteiger partial charge is 0.293 e. The van der Waals surface area contributed by atoms with Gasteiger partial charge in [-0.3, -0.25) is 9.59 Å². The van der Waals surface area contributed by atoms with Crippen LogP contribution in [0.15, 0.2) is 71.8 Å².